The van der Waals surface area contributed by atoms with Crippen molar-refractivity contribution in [3.05, 3.63) is 29.8 Å². The number of rotatable bonds is 8. The normalized spacial score (nSPS) is 29.0. The Bertz CT molecular complexity index is 1350. The zero-order valence-corrected chi connectivity index (χ0v) is 25.3. The molecule has 4 aliphatic heterocycles. The standard InChI is InChI=1S/C27H32N4O9S2/c1-12(32)40-14-8-6-13(7-9-14)17(28)21(34)29-18-22(35)31-20(27(4,5)42-23(18)31)25(37)39-11-38-24(36)19-26(2,3)41-16-10-15(33)30(16)19/h6-9,16-20,23H,10-11,28H2,1-5H3,(H,29,34)/t16-,17?,18-,19+,20+,23-/m1/s1. The fourth-order valence-electron chi connectivity index (χ4n) is 5.69. The van der Waals surface area contributed by atoms with Crippen molar-refractivity contribution in [2.75, 3.05) is 6.79 Å². The molecule has 4 heterocycles. The Morgan fingerprint density at radius 1 is 0.976 bits per heavy atom. The van der Waals surface area contributed by atoms with Gasteiger partial charge in [-0.3, -0.25) is 19.2 Å². The van der Waals surface area contributed by atoms with E-state index in [9.17, 15) is 28.8 Å². The van der Waals surface area contributed by atoms with Gasteiger partial charge in [-0.15, -0.1) is 23.5 Å². The maximum absolute atomic E-state index is 13.1. The number of amides is 3. The van der Waals surface area contributed by atoms with Gasteiger partial charge in [0, 0.05) is 16.4 Å². The summed E-state index contributed by atoms with van der Waals surface area (Å²) in [5.41, 5.74) is 6.56. The van der Waals surface area contributed by atoms with Crippen molar-refractivity contribution in [2.45, 2.75) is 85.4 Å². The fourth-order valence-corrected chi connectivity index (χ4v) is 8.93. The Kier molecular flexibility index (Phi) is 7.73. The molecule has 5 rings (SSSR count). The molecule has 4 fully saturated rings. The average molecular weight is 621 g/mol. The van der Waals surface area contributed by atoms with Crippen LogP contribution in [0.25, 0.3) is 0 Å². The monoisotopic (exact) mass is 620 g/mol. The molecule has 0 spiro atoms. The van der Waals surface area contributed by atoms with Crippen LogP contribution in [-0.2, 0) is 38.2 Å². The molecule has 0 radical (unpaired) electrons. The lowest BCUT2D eigenvalue weighted by atomic mass is 9.95. The molecule has 226 valence electrons. The van der Waals surface area contributed by atoms with Gasteiger partial charge in [0.15, 0.2) is 0 Å². The molecular weight excluding hydrogens is 588 g/mol. The SMILES string of the molecule is CC(=O)Oc1ccc(C(N)C(=O)N[C@@H]2C(=O)N3[C@@H]2SC(C)(C)[C@@H]3C(=O)OCOC(=O)[C@@H]2N3C(=O)C[C@H]3SC2(C)C)cc1. The first kappa shape index (κ1) is 30.2. The molecule has 13 nitrogen and oxygen atoms in total. The molecule has 0 saturated carbocycles. The number of carbonyl (C=O) groups excluding carboxylic acids is 6. The molecule has 6 atom stereocenters. The number of hydrogen-bond acceptors (Lipinski definition) is 12. The second-order valence-electron chi connectivity index (χ2n) is 11.5. The summed E-state index contributed by atoms with van der Waals surface area (Å²) in [5.74, 6) is -2.74. The van der Waals surface area contributed by atoms with Crippen LogP contribution in [0.4, 0.5) is 0 Å². The zero-order chi connectivity index (χ0) is 30.7. The lowest BCUT2D eigenvalue weighted by molar-refractivity contribution is -0.181. The second kappa shape index (κ2) is 10.8. The fraction of sp³-hybridized carbons (Fsp3) is 0.556. The predicted octanol–water partition coefficient (Wildman–Crippen LogP) is 0.655. The van der Waals surface area contributed by atoms with Gasteiger partial charge in [0.25, 0.3) is 0 Å². The minimum Gasteiger partial charge on any atom is -0.427 e. The highest BCUT2D eigenvalue weighted by Crippen LogP contribution is 2.52. The van der Waals surface area contributed by atoms with Crippen molar-refractivity contribution in [1.82, 2.24) is 15.1 Å². The number of esters is 3. The van der Waals surface area contributed by atoms with Crippen LogP contribution < -0.4 is 15.8 Å². The van der Waals surface area contributed by atoms with E-state index in [0.29, 0.717) is 17.7 Å². The molecule has 4 saturated heterocycles. The maximum Gasteiger partial charge on any atom is 0.333 e. The number of thioether (sulfide) groups is 2. The van der Waals surface area contributed by atoms with Gasteiger partial charge in [-0.2, -0.15) is 0 Å². The van der Waals surface area contributed by atoms with Crippen LogP contribution in [0.2, 0.25) is 0 Å². The third-order valence-electron chi connectivity index (χ3n) is 7.69. The lowest BCUT2D eigenvalue weighted by Crippen LogP contribution is -2.71. The van der Waals surface area contributed by atoms with Crippen molar-refractivity contribution in [1.29, 1.82) is 0 Å². The van der Waals surface area contributed by atoms with Crippen LogP contribution >= 0.6 is 23.5 Å². The van der Waals surface area contributed by atoms with Gasteiger partial charge in [0.2, 0.25) is 24.5 Å². The molecule has 0 aliphatic carbocycles. The van der Waals surface area contributed by atoms with Crippen LogP contribution in [0.3, 0.4) is 0 Å². The van der Waals surface area contributed by atoms with Gasteiger partial charge >= 0.3 is 17.9 Å². The van der Waals surface area contributed by atoms with Crippen LogP contribution in [0, 0.1) is 0 Å². The number of nitrogens with two attached hydrogens (primary N) is 1. The van der Waals surface area contributed by atoms with Gasteiger partial charge in [-0.05, 0) is 45.4 Å². The highest BCUT2D eigenvalue weighted by molar-refractivity contribution is 8.02. The van der Waals surface area contributed by atoms with Crippen molar-refractivity contribution in [3.63, 3.8) is 0 Å². The van der Waals surface area contributed by atoms with E-state index in [0.717, 1.165) is 0 Å². The molecule has 1 unspecified atom stereocenters. The largest absolute Gasteiger partial charge is 0.427 e. The summed E-state index contributed by atoms with van der Waals surface area (Å²) in [6.45, 7) is 7.90. The third-order valence-corrected chi connectivity index (χ3v) is 10.8. The minimum atomic E-state index is -1.09. The van der Waals surface area contributed by atoms with Crippen LogP contribution in [0.15, 0.2) is 24.3 Å². The summed E-state index contributed by atoms with van der Waals surface area (Å²) in [4.78, 5) is 77.9. The lowest BCUT2D eigenvalue weighted by Gasteiger charge is -2.44. The molecule has 15 heteroatoms. The first-order valence-electron chi connectivity index (χ1n) is 13.3. The highest BCUT2D eigenvalue weighted by atomic mass is 32.2. The summed E-state index contributed by atoms with van der Waals surface area (Å²) in [6, 6.07) is 2.39. The average Bonchev–Trinajstić information content (AvgIpc) is 3.29. The summed E-state index contributed by atoms with van der Waals surface area (Å²) >= 11 is 2.87. The number of hydrogen-bond donors (Lipinski definition) is 2. The van der Waals surface area contributed by atoms with Crippen molar-refractivity contribution in [2.24, 2.45) is 5.73 Å². The molecule has 1 aromatic rings. The van der Waals surface area contributed by atoms with Crippen LogP contribution in [0.5, 0.6) is 5.75 Å². The van der Waals surface area contributed by atoms with Gasteiger partial charge in [-0.25, -0.2) is 9.59 Å². The summed E-state index contributed by atoms with van der Waals surface area (Å²) in [5, 5.41) is 2.09. The molecule has 0 bridgehead atoms. The Morgan fingerprint density at radius 3 is 2.12 bits per heavy atom. The molecule has 0 aromatic heterocycles. The smallest absolute Gasteiger partial charge is 0.333 e. The predicted molar refractivity (Wildman–Crippen MR) is 150 cm³/mol. The van der Waals surface area contributed by atoms with Gasteiger partial charge < -0.3 is 35.1 Å². The molecule has 1 aromatic carbocycles. The number of fused-ring (bicyclic) bond motifs is 2. The number of benzene rings is 1. The van der Waals surface area contributed by atoms with E-state index in [4.69, 9.17) is 19.9 Å². The molecule has 4 aliphatic rings. The Hall–Kier alpha value is -3.30. The van der Waals surface area contributed by atoms with Crippen LogP contribution in [-0.4, -0.2) is 90.6 Å². The van der Waals surface area contributed by atoms with Gasteiger partial charge in [0.1, 0.15) is 35.3 Å². The van der Waals surface area contributed by atoms with Crippen LogP contribution in [0.1, 0.15) is 52.6 Å². The maximum atomic E-state index is 13.1. The van der Waals surface area contributed by atoms with E-state index in [1.807, 2.05) is 13.8 Å². The summed E-state index contributed by atoms with van der Waals surface area (Å²) in [6.07, 6.45) is 0.379. The first-order chi connectivity index (χ1) is 19.6. The number of nitrogens with zero attached hydrogens (tertiary/aromatic N) is 2. The number of β-lactam (4-membered cyclic amide) rings is 2. The van der Waals surface area contributed by atoms with Gasteiger partial charge in [0.05, 0.1) is 11.8 Å². The number of ether oxygens (including phenoxy) is 3. The highest BCUT2D eigenvalue weighted by Gasteiger charge is 2.65. The molecule has 42 heavy (non-hydrogen) atoms. The third kappa shape index (κ3) is 5.22. The van der Waals surface area contributed by atoms with Gasteiger partial charge in [-0.1, -0.05) is 12.1 Å². The van der Waals surface area contributed by atoms with E-state index < -0.39 is 75.6 Å². The number of carbonyl (C=O) groups is 6. The minimum absolute atomic E-state index is 0.0610. The number of nitrogens with one attached hydrogen (secondary N) is 1. The van der Waals surface area contributed by atoms with Crippen molar-refractivity contribution < 1.29 is 43.0 Å². The first-order valence-corrected chi connectivity index (χ1v) is 15.0. The Morgan fingerprint density at radius 2 is 1.55 bits per heavy atom. The van der Waals surface area contributed by atoms with Crippen molar-refractivity contribution in [3.8, 4) is 5.75 Å². The van der Waals surface area contributed by atoms with E-state index in [1.54, 1.807) is 26.0 Å². The Balaban J connectivity index is 1.15. The topological polar surface area (TPSA) is 175 Å². The second-order valence-corrected chi connectivity index (χ2v) is 15.1. The van der Waals surface area contributed by atoms with Crippen molar-refractivity contribution >= 4 is 59.2 Å². The van der Waals surface area contributed by atoms with E-state index >= 15 is 0 Å². The molecule has 3 amide bonds. The summed E-state index contributed by atoms with van der Waals surface area (Å²) in [7, 11) is 0. The van der Waals surface area contributed by atoms with E-state index in [1.165, 1.54) is 52.4 Å². The van der Waals surface area contributed by atoms with E-state index in [-0.39, 0.29) is 11.3 Å². The van der Waals surface area contributed by atoms with E-state index in [2.05, 4.69) is 5.32 Å². The molecule has 3 N–H and O–H groups in total. The molecular formula is C27H32N4O9S2. The zero-order valence-electron chi connectivity index (χ0n) is 23.7. The quantitative estimate of drug-likeness (QED) is 0.180. The Labute approximate surface area is 250 Å². The summed E-state index contributed by atoms with van der Waals surface area (Å²) < 4.78 is 14.2.